The van der Waals surface area contributed by atoms with Gasteiger partial charge in [0.1, 0.15) is 5.69 Å². The normalized spacial score (nSPS) is 10.4. The number of rotatable bonds is 4. The minimum absolute atomic E-state index is 0.0617. The minimum Gasteiger partial charge on any atom is -0.396 e. The number of nitrogens with zero attached hydrogens (tertiary/aromatic N) is 3. The van der Waals surface area contributed by atoms with Crippen molar-refractivity contribution in [2.45, 2.75) is 19.9 Å². The van der Waals surface area contributed by atoms with Crippen molar-refractivity contribution >= 4 is 19.1 Å². The van der Waals surface area contributed by atoms with E-state index in [4.69, 9.17) is 5.11 Å². The van der Waals surface area contributed by atoms with Crippen molar-refractivity contribution in [2.75, 3.05) is 6.61 Å². The summed E-state index contributed by atoms with van der Waals surface area (Å²) >= 11 is 0. The molecule has 1 N–H and O–H groups in total. The van der Waals surface area contributed by atoms with Crippen molar-refractivity contribution < 1.29 is 10.0 Å². The SMILES string of the molecule is Bc1nn(CCCO)c(C)c1[N+](=O)[O-]. The van der Waals surface area contributed by atoms with E-state index in [0.717, 1.165) is 0 Å². The van der Waals surface area contributed by atoms with E-state index in [1.165, 1.54) is 0 Å². The van der Waals surface area contributed by atoms with Crippen LogP contribution in [0.4, 0.5) is 5.69 Å². The lowest BCUT2D eigenvalue weighted by Crippen LogP contribution is -2.11. The molecule has 0 atom stereocenters. The van der Waals surface area contributed by atoms with Crippen molar-refractivity contribution in [3.63, 3.8) is 0 Å². The Morgan fingerprint density at radius 1 is 1.71 bits per heavy atom. The molecule has 6 nitrogen and oxygen atoms in total. The van der Waals surface area contributed by atoms with Crippen molar-refractivity contribution in [1.82, 2.24) is 9.78 Å². The van der Waals surface area contributed by atoms with Crippen LogP contribution in [0.3, 0.4) is 0 Å². The van der Waals surface area contributed by atoms with Crippen LogP contribution in [0.2, 0.25) is 0 Å². The van der Waals surface area contributed by atoms with Gasteiger partial charge in [0.2, 0.25) is 0 Å². The summed E-state index contributed by atoms with van der Waals surface area (Å²) in [6, 6.07) is 0. The number of aromatic nitrogens is 2. The lowest BCUT2D eigenvalue weighted by Gasteiger charge is -2.00. The average molecular weight is 197 g/mol. The summed E-state index contributed by atoms with van der Waals surface area (Å²) in [5.74, 6) is 0. The van der Waals surface area contributed by atoms with Gasteiger partial charge in [0.25, 0.3) is 0 Å². The second-order valence-corrected chi connectivity index (χ2v) is 3.08. The van der Waals surface area contributed by atoms with Gasteiger partial charge in [-0.25, -0.2) is 0 Å². The summed E-state index contributed by atoms with van der Waals surface area (Å²) < 4.78 is 1.56. The number of aliphatic hydroxyl groups excluding tert-OH is 1. The largest absolute Gasteiger partial charge is 0.396 e. The summed E-state index contributed by atoms with van der Waals surface area (Å²) in [4.78, 5) is 10.2. The van der Waals surface area contributed by atoms with Gasteiger partial charge in [-0.2, -0.15) is 5.10 Å². The number of nitro groups is 1. The highest BCUT2D eigenvalue weighted by molar-refractivity contribution is 6.33. The van der Waals surface area contributed by atoms with Gasteiger partial charge in [-0.3, -0.25) is 14.8 Å². The Morgan fingerprint density at radius 3 is 2.79 bits per heavy atom. The topological polar surface area (TPSA) is 81.2 Å². The first-order valence-electron chi connectivity index (χ1n) is 4.37. The summed E-state index contributed by atoms with van der Waals surface area (Å²) in [7, 11) is 1.61. The van der Waals surface area contributed by atoms with E-state index < -0.39 is 4.92 Å². The first kappa shape index (κ1) is 10.7. The summed E-state index contributed by atoms with van der Waals surface area (Å²) in [6.07, 6.45) is 0.555. The Hall–Kier alpha value is -1.37. The Kier molecular flexibility index (Phi) is 3.24. The fourth-order valence-electron chi connectivity index (χ4n) is 1.39. The summed E-state index contributed by atoms with van der Waals surface area (Å²) in [5, 5.41) is 23.3. The molecular formula is C7H12BN3O3. The molecule has 1 aromatic heterocycles. The molecule has 0 bridgehead atoms. The quantitative estimate of drug-likeness (QED) is 0.371. The summed E-state index contributed by atoms with van der Waals surface area (Å²) in [5.41, 5.74) is 1.04. The summed E-state index contributed by atoms with van der Waals surface area (Å²) in [6.45, 7) is 2.23. The van der Waals surface area contributed by atoms with Crippen LogP contribution in [-0.4, -0.2) is 34.3 Å². The van der Waals surface area contributed by atoms with Crippen molar-refractivity contribution in [1.29, 1.82) is 0 Å². The second kappa shape index (κ2) is 4.23. The van der Waals surface area contributed by atoms with Crippen molar-refractivity contribution in [3.05, 3.63) is 15.8 Å². The van der Waals surface area contributed by atoms with Crippen LogP contribution in [-0.2, 0) is 6.54 Å². The van der Waals surface area contributed by atoms with E-state index >= 15 is 0 Å². The molecule has 0 aromatic carbocycles. The average Bonchev–Trinajstić information content (AvgIpc) is 2.38. The fourth-order valence-corrected chi connectivity index (χ4v) is 1.39. The number of aliphatic hydroxyl groups is 1. The van der Waals surface area contributed by atoms with E-state index in [9.17, 15) is 10.1 Å². The molecule has 0 aliphatic carbocycles. The Balaban J connectivity index is 2.98. The molecule has 0 fully saturated rings. The van der Waals surface area contributed by atoms with E-state index in [2.05, 4.69) is 5.10 Å². The monoisotopic (exact) mass is 197 g/mol. The first-order valence-corrected chi connectivity index (χ1v) is 4.37. The molecular weight excluding hydrogens is 185 g/mol. The first-order chi connectivity index (χ1) is 6.57. The molecule has 0 unspecified atom stereocenters. The van der Waals surface area contributed by atoms with Gasteiger partial charge in [0.05, 0.1) is 10.5 Å². The van der Waals surface area contributed by atoms with Crippen molar-refractivity contribution in [2.24, 2.45) is 0 Å². The van der Waals surface area contributed by atoms with Gasteiger partial charge in [-0.15, -0.1) is 0 Å². The lowest BCUT2D eigenvalue weighted by molar-refractivity contribution is -0.384. The minimum atomic E-state index is -0.423. The molecule has 1 rings (SSSR count). The molecule has 7 heteroatoms. The molecule has 76 valence electrons. The zero-order valence-electron chi connectivity index (χ0n) is 8.23. The van der Waals surface area contributed by atoms with Crippen LogP contribution in [0.1, 0.15) is 12.1 Å². The van der Waals surface area contributed by atoms with Crippen LogP contribution in [0.5, 0.6) is 0 Å². The molecule has 0 aliphatic heterocycles. The molecule has 0 radical (unpaired) electrons. The van der Waals surface area contributed by atoms with Crippen LogP contribution < -0.4 is 5.59 Å². The van der Waals surface area contributed by atoms with Crippen LogP contribution >= 0.6 is 0 Å². The maximum Gasteiger partial charge on any atom is 0.302 e. The Morgan fingerprint density at radius 2 is 2.36 bits per heavy atom. The van der Waals surface area contributed by atoms with Crippen molar-refractivity contribution in [3.8, 4) is 0 Å². The maximum absolute atomic E-state index is 10.6. The van der Waals surface area contributed by atoms with Crippen LogP contribution in [0.15, 0.2) is 0 Å². The number of aryl methyl sites for hydroxylation is 1. The number of hydrogen-bond acceptors (Lipinski definition) is 4. The zero-order chi connectivity index (χ0) is 10.7. The molecule has 14 heavy (non-hydrogen) atoms. The van der Waals surface area contributed by atoms with E-state index in [1.807, 2.05) is 0 Å². The molecule has 0 spiro atoms. The highest BCUT2D eigenvalue weighted by Crippen LogP contribution is 2.13. The van der Waals surface area contributed by atoms with Gasteiger partial charge in [-0.1, -0.05) is 0 Å². The molecule has 0 amide bonds. The number of hydrogen-bond donors (Lipinski definition) is 1. The van der Waals surface area contributed by atoms with Crippen LogP contribution in [0, 0.1) is 17.0 Å². The highest BCUT2D eigenvalue weighted by atomic mass is 16.6. The smallest absolute Gasteiger partial charge is 0.302 e. The maximum atomic E-state index is 10.6. The predicted molar refractivity (Wildman–Crippen MR) is 53.5 cm³/mol. The highest BCUT2D eigenvalue weighted by Gasteiger charge is 2.20. The van der Waals surface area contributed by atoms with Gasteiger partial charge in [0, 0.05) is 13.2 Å². The fraction of sp³-hybridized carbons (Fsp3) is 0.571. The lowest BCUT2D eigenvalue weighted by atomic mass is 10.0. The van der Waals surface area contributed by atoms with Gasteiger partial charge in [0.15, 0.2) is 7.85 Å². The molecule has 0 saturated heterocycles. The molecule has 0 saturated carbocycles. The third kappa shape index (κ3) is 1.93. The Labute approximate surface area is 82.1 Å². The third-order valence-electron chi connectivity index (χ3n) is 2.05. The zero-order valence-corrected chi connectivity index (χ0v) is 8.23. The van der Waals surface area contributed by atoms with Gasteiger partial charge in [-0.05, 0) is 13.3 Å². The molecule has 1 aromatic rings. The van der Waals surface area contributed by atoms with Gasteiger partial charge >= 0.3 is 5.69 Å². The standard InChI is InChI=1S/C7H12BN3O3/c1-5-6(11(13)14)7(8)9-10(5)3-2-4-12/h12H,2-4,8H2,1H3. The second-order valence-electron chi connectivity index (χ2n) is 3.08. The van der Waals surface area contributed by atoms with Crippen LogP contribution in [0.25, 0.3) is 0 Å². The molecule has 1 heterocycles. The van der Waals surface area contributed by atoms with E-state index in [0.29, 0.717) is 24.3 Å². The van der Waals surface area contributed by atoms with E-state index in [-0.39, 0.29) is 12.3 Å². The van der Waals surface area contributed by atoms with Gasteiger partial charge < -0.3 is 5.11 Å². The Bertz CT molecular complexity index is 350. The molecule has 0 aliphatic rings. The van der Waals surface area contributed by atoms with E-state index in [1.54, 1.807) is 19.5 Å². The third-order valence-corrected chi connectivity index (χ3v) is 2.05. The predicted octanol–water partition coefficient (Wildman–Crippen LogP) is -1.26.